The molecule has 0 spiro atoms. The number of nitrogens with two attached hydrogens (primary N) is 1. The van der Waals surface area contributed by atoms with Crippen molar-refractivity contribution in [1.82, 2.24) is 9.78 Å². The molecule has 0 bridgehead atoms. The van der Waals surface area contributed by atoms with Gasteiger partial charge in [0.15, 0.2) is 0 Å². The van der Waals surface area contributed by atoms with Gasteiger partial charge in [0.1, 0.15) is 17.4 Å². The van der Waals surface area contributed by atoms with E-state index in [2.05, 4.69) is 5.10 Å². The van der Waals surface area contributed by atoms with Crippen LogP contribution in [0.15, 0.2) is 0 Å². The first kappa shape index (κ1) is 15.7. The molecule has 4 nitrogen and oxygen atoms in total. The maximum atomic E-state index is 12.7. The molecule has 0 aliphatic carbocycles. The lowest BCUT2D eigenvalue weighted by molar-refractivity contribution is -0.120. The highest BCUT2D eigenvalue weighted by molar-refractivity contribution is 7.80. The van der Waals surface area contributed by atoms with Crippen LogP contribution in [0.3, 0.4) is 0 Å². The third-order valence-corrected chi connectivity index (χ3v) is 2.89. The molecule has 0 amide bonds. The lowest BCUT2D eigenvalue weighted by Gasteiger charge is -2.30. The summed E-state index contributed by atoms with van der Waals surface area (Å²) in [6, 6.07) is -0.357. The maximum Gasteiger partial charge on any atom is 0.405 e. The summed E-state index contributed by atoms with van der Waals surface area (Å²) in [6.45, 7) is 3.96. The second kappa shape index (κ2) is 5.36. The lowest BCUT2D eigenvalue weighted by atomic mass is 10.2. The van der Waals surface area contributed by atoms with E-state index in [-0.39, 0.29) is 11.0 Å². The molecule has 108 valence electrons. The van der Waals surface area contributed by atoms with Crippen molar-refractivity contribution in [3.63, 3.8) is 0 Å². The number of thiocarbonyl (C=S) groups is 1. The van der Waals surface area contributed by atoms with Crippen molar-refractivity contribution < 1.29 is 13.2 Å². The molecule has 2 N–H and O–H groups in total. The molecule has 0 aromatic carbocycles. The van der Waals surface area contributed by atoms with Gasteiger partial charge in [-0.1, -0.05) is 12.2 Å². The van der Waals surface area contributed by atoms with E-state index in [1.165, 1.54) is 9.58 Å². The summed E-state index contributed by atoms with van der Waals surface area (Å²) in [6.07, 6.45) is -4.31. The number of hydrogen-bond donors (Lipinski definition) is 1. The zero-order valence-corrected chi connectivity index (χ0v) is 12.1. The number of halogens is 3. The number of hydrogen-bond acceptors (Lipinski definition) is 3. The highest BCUT2D eigenvalue weighted by Gasteiger charge is 2.35. The molecule has 8 heteroatoms. The Morgan fingerprint density at radius 3 is 2.37 bits per heavy atom. The van der Waals surface area contributed by atoms with Crippen LogP contribution in [0.25, 0.3) is 0 Å². The topological polar surface area (TPSA) is 47.1 Å². The summed E-state index contributed by atoms with van der Waals surface area (Å²) in [5, 5.41) is 4.11. The molecule has 0 aliphatic rings. The van der Waals surface area contributed by atoms with Crippen molar-refractivity contribution in [3.05, 3.63) is 11.3 Å². The van der Waals surface area contributed by atoms with E-state index >= 15 is 0 Å². The molecule has 0 fully saturated rings. The molecule has 0 saturated heterocycles. The molecule has 0 atom stereocenters. The Balaban J connectivity index is 3.35. The monoisotopic (exact) mass is 294 g/mol. The molecule has 0 saturated carbocycles. The highest BCUT2D eigenvalue weighted by Crippen LogP contribution is 2.28. The molecule has 1 heterocycles. The van der Waals surface area contributed by atoms with Gasteiger partial charge in [0.25, 0.3) is 0 Å². The van der Waals surface area contributed by atoms with Crippen LogP contribution in [0.2, 0.25) is 0 Å². The zero-order valence-electron chi connectivity index (χ0n) is 11.2. The highest BCUT2D eigenvalue weighted by atomic mass is 32.1. The van der Waals surface area contributed by atoms with E-state index in [0.29, 0.717) is 17.1 Å². The standard InChI is InChI=1S/C11H17F3N4S/c1-6(2)18(5-11(12,13)14)10-8(9(15)19)7(3)16-17(10)4/h6H,5H2,1-4H3,(H2,15,19). The summed E-state index contributed by atoms with van der Waals surface area (Å²) in [5.74, 6) is 0.303. The minimum absolute atomic E-state index is 0.0495. The Kier molecular flexibility index (Phi) is 4.44. The third kappa shape index (κ3) is 3.59. The van der Waals surface area contributed by atoms with Crippen molar-refractivity contribution in [3.8, 4) is 0 Å². The van der Waals surface area contributed by atoms with E-state index in [1.54, 1.807) is 27.8 Å². The molecule has 1 aromatic heterocycles. The van der Waals surface area contributed by atoms with E-state index in [0.717, 1.165) is 0 Å². The first-order valence-corrected chi connectivity index (χ1v) is 6.12. The van der Waals surface area contributed by atoms with Crippen LogP contribution < -0.4 is 10.6 Å². The average Bonchev–Trinajstić information content (AvgIpc) is 2.48. The SMILES string of the molecule is Cc1nn(C)c(N(CC(F)(F)F)C(C)C)c1C(N)=S. The Morgan fingerprint density at radius 1 is 1.47 bits per heavy atom. The van der Waals surface area contributed by atoms with Crippen LogP contribution in [0.4, 0.5) is 19.0 Å². The van der Waals surface area contributed by atoms with Crippen LogP contribution in [-0.2, 0) is 7.05 Å². The fourth-order valence-electron chi connectivity index (χ4n) is 1.96. The number of aryl methyl sites for hydroxylation is 2. The van der Waals surface area contributed by atoms with E-state index in [9.17, 15) is 13.2 Å². The second-order valence-corrected chi connectivity index (χ2v) is 5.05. The Bertz CT molecular complexity index is 479. The van der Waals surface area contributed by atoms with Crippen molar-refractivity contribution in [2.75, 3.05) is 11.4 Å². The van der Waals surface area contributed by atoms with Gasteiger partial charge in [0.2, 0.25) is 0 Å². The van der Waals surface area contributed by atoms with Crippen molar-refractivity contribution >= 4 is 23.0 Å². The van der Waals surface area contributed by atoms with Crippen LogP contribution in [0.1, 0.15) is 25.1 Å². The van der Waals surface area contributed by atoms with Crippen LogP contribution in [0.5, 0.6) is 0 Å². The molecule has 19 heavy (non-hydrogen) atoms. The lowest BCUT2D eigenvalue weighted by Crippen LogP contribution is -2.41. The van der Waals surface area contributed by atoms with Crippen molar-refractivity contribution in [2.45, 2.75) is 33.0 Å². The average molecular weight is 294 g/mol. The summed E-state index contributed by atoms with van der Waals surface area (Å²) >= 11 is 4.91. The third-order valence-electron chi connectivity index (χ3n) is 2.68. The normalized spacial score (nSPS) is 12.0. The molecular weight excluding hydrogens is 277 g/mol. The molecule has 1 rings (SSSR count). The van der Waals surface area contributed by atoms with E-state index in [1.807, 2.05) is 0 Å². The van der Waals surface area contributed by atoms with Crippen LogP contribution in [0, 0.1) is 6.92 Å². The van der Waals surface area contributed by atoms with E-state index < -0.39 is 12.7 Å². The van der Waals surface area contributed by atoms with Crippen LogP contribution >= 0.6 is 12.2 Å². The van der Waals surface area contributed by atoms with Gasteiger partial charge in [0.05, 0.1) is 11.3 Å². The Labute approximate surface area is 115 Å². The number of alkyl halides is 3. The van der Waals surface area contributed by atoms with Gasteiger partial charge in [-0.15, -0.1) is 0 Å². The zero-order chi connectivity index (χ0) is 15.0. The molecular formula is C11H17F3N4S. The van der Waals surface area contributed by atoms with Gasteiger partial charge in [-0.25, -0.2) is 0 Å². The number of aromatic nitrogens is 2. The van der Waals surface area contributed by atoms with Gasteiger partial charge < -0.3 is 10.6 Å². The van der Waals surface area contributed by atoms with Crippen LogP contribution in [-0.4, -0.2) is 33.5 Å². The molecule has 0 radical (unpaired) electrons. The fourth-order valence-corrected chi connectivity index (χ4v) is 2.20. The minimum Gasteiger partial charge on any atom is -0.389 e. The minimum atomic E-state index is -4.31. The van der Waals surface area contributed by atoms with Gasteiger partial charge in [-0.3, -0.25) is 4.68 Å². The molecule has 0 aliphatic heterocycles. The Hall–Kier alpha value is -1.31. The van der Waals surface area contributed by atoms with Gasteiger partial charge in [-0.2, -0.15) is 18.3 Å². The van der Waals surface area contributed by atoms with Crippen molar-refractivity contribution in [1.29, 1.82) is 0 Å². The quantitative estimate of drug-likeness (QED) is 0.864. The first-order chi connectivity index (χ1) is 8.54. The van der Waals surface area contributed by atoms with Gasteiger partial charge >= 0.3 is 6.18 Å². The van der Waals surface area contributed by atoms with Gasteiger partial charge in [-0.05, 0) is 20.8 Å². The number of rotatable bonds is 4. The maximum absolute atomic E-state index is 12.7. The summed E-state index contributed by atoms with van der Waals surface area (Å²) in [5.41, 5.74) is 6.52. The smallest absolute Gasteiger partial charge is 0.389 e. The first-order valence-electron chi connectivity index (χ1n) is 5.71. The summed E-state index contributed by atoms with van der Waals surface area (Å²) < 4.78 is 39.4. The second-order valence-electron chi connectivity index (χ2n) is 4.61. The molecule has 1 aromatic rings. The Morgan fingerprint density at radius 2 is 2.00 bits per heavy atom. The number of nitrogens with zero attached hydrogens (tertiary/aromatic N) is 3. The largest absolute Gasteiger partial charge is 0.405 e. The fraction of sp³-hybridized carbons (Fsp3) is 0.636. The summed E-state index contributed by atoms with van der Waals surface area (Å²) in [4.78, 5) is 1.25. The van der Waals surface area contributed by atoms with E-state index in [4.69, 9.17) is 18.0 Å². The summed E-state index contributed by atoms with van der Waals surface area (Å²) in [7, 11) is 1.58. The molecule has 0 unspecified atom stereocenters. The van der Waals surface area contributed by atoms with Gasteiger partial charge in [0, 0.05) is 13.1 Å². The predicted octanol–water partition coefficient (Wildman–Crippen LogP) is 2.14. The van der Waals surface area contributed by atoms with Crippen molar-refractivity contribution in [2.24, 2.45) is 12.8 Å². The number of anilines is 1. The predicted molar refractivity (Wildman–Crippen MR) is 72.4 cm³/mol.